The van der Waals surface area contributed by atoms with Crippen molar-refractivity contribution in [1.29, 1.82) is 0 Å². The first kappa shape index (κ1) is 33.3. The molecule has 2 N–H and O–H groups in total. The Kier molecular flexibility index (Phi) is 11.3. The van der Waals surface area contributed by atoms with Crippen molar-refractivity contribution < 1.29 is 19.4 Å². The SMILES string of the molecule is CC(CCc1ccc(O)cc1)N(Cc1ccc(OCc2ccccc2)cc1)CC(O[Si](C)(C)C(C)(C)C)c1ccc(O)cc1. The molecule has 0 saturated carbocycles. The summed E-state index contributed by atoms with van der Waals surface area (Å²) in [5.41, 5.74) is 4.65. The van der Waals surface area contributed by atoms with E-state index < -0.39 is 8.32 Å². The van der Waals surface area contributed by atoms with E-state index in [9.17, 15) is 10.2 Å². The van der Waals surface area contributed by atoms with Gasteiger partial charge in [0.2, 0.25) is 0 Å². The molecule has 4 aromatic carbocycles. The molecule has 2 unspecified atom stereocenters. The Labute approximate surface area is 265 Å². The molecule has 0 radical (unpaired) electrons. The third-order valence-corrected chi connectivity index (χ3v) is 13.4. The molecule has 4 rings (SSSR count). The van der Waals surface area contributed by atoms with E-state index in [1.165, 1.54) is 11.1 Å². The first-order chi connectivity index (χ1) is 20.9. The van der Waals surface area contributed by atoms with Gasteiger partial charge in [-0.2, -0.15) is 0 Å². The van der Waals surface area contributed by atoms with Crippen LogP contribution in [0.5, 0.6) is 17.2 Å². The third-order valence-electron chi connectivity index (χ3n) is 8.88. The minimum Gasteiger partial charge on any atom is -0.508 e. The van der Waals surface area contributed by atoms with E-state index >= 15 is 0 Å². The molecular formula is C38H49NO4Si. The summed E-state index contributed by atoms with van der Waals surface area (Å²) in [6.45, 7) is 15.7. The Morgan fingerprint density at radius 2 is 1.30 bits per heavy atom. The summed E-state index contributed by atoms with van der Waals surface area (Å²) in [4.78, 5) is 2.52. The van der Waals surface area contributed by atoms with Crippen LogP contribution in [0.3, 0.4) is 0 Å². The van der Waals surface area contributed by atoms with Gasteiger partial charge in [0.25, 0.3) is 0 Å². The minimum atomic E-state index is -2.11. The van der Waals surface area contributed by atoms with Crippen LogP contribution in [0.15, 0.2) is 103 Å². The molecule has 0 heterocycles. The second-order valence-electron chi connectivity index (χ2n) is 13.4. The van der Waals surface area contributed by atoms with Crippen LogP contribution >= 0.6 is 0 Å². The van der Waals surface area contributed by atoms with Crippen LogP contribution in [0, 0.1) is 0 Å². The summed E-state index contributed by atoms with van der Waals surface area (Å²) in [6.07, 6.45) is 1.74. The highest BCUT2D eigenvalue weighted by Gasteiger charge is 2.40. The number of phenolic OH excluding ortho intramolecular Hbond substituents is 2. The zero-order valence-corrected chi connectivity index (χ0v) is 28.2. The largest absolute Gasteiger partial charge is 0.508 e. The number of aromatic hydroxyl groups is 2. The van der Waals surface area contributed by atoms with E-state index in [1.807, 2.05) is 42.5 Å². The van der Waals surface area contributed by atoms with Gasteiger partial charge >= 0.3 is 0 Å². The molecule has 0 aliphatic rings. The van der Waals surface area contributed by atoms with Gasteiger partial charge in [0.05, 0.1) is 6.10 Å². The summed E-state index contributed by atoms with van der Waals surface area (Å²) in [7, 11) is -2.11. The average molecular weight is 612 g/mol. The van der Waals surface area contributed by atoms with Gasteiger partial charge in [-0.25, -0.2) is 0 Å². The fourth-order valence-corrected chi connectivity index (χ4v) is 6.21. The quantitative estimate of drug-likeness (QED) is 0.139. The predicted molar refractivity (Wildman–Crippen MR) is 183 cm³/mol. The maximum atomic E-state index is 10.0. The number of phenols is 2. The Bertz CT molecular complexity index is 1420. The number of hydrogen-bond acceptors (Lipinski definition) is 5. The molecule has 234 valence electrons. The highest BCUT2D eigenvalue weighted by molar-refractivity contribution is 6.74. The maximum Gasteiger partial charge on any atom is 0.192 e. The first-order valence-electron chi connectivity index (χ1n) is 15.6. The summed E-state index contributed by atoms with van der Waals surface area (Å²) < 4.78 is 13.1. The molecule has 0 spiro atoms. The van der Waals surface area contributed by atoms with Gasteiger partial charge in [-0.05, 0) is 96.5 Å². The molecule has 4 aromatic rings. The van der Waals surface area contributed by atoms with E-state index in [0.29, 0.717) is 12.4 Å². The lowest BCUT2D eigenvalue weighted by Crippen LogP contribution is -2.45. The van der Waals surface area contributed by atoms with Gasteiger partial charge in [-0.1, -0.05) is 87.5 Å². The molecule has 6 heteroatoms. The highest BCUT2D eigenvalue weighted by Crippen LogP contribution is 2.40. The molecule has 0 bridgehead atoms. The Hall–Kier alpha value is -3.58. The number of ether oxygens (including phenoxy) is 1. The smallest absolute Gasteiger partial charge is 0.192 e. The fraction of sp³-hybridized carbons (Fsp3) is 0.368. The van der Waals surface area contributed by atoms with Crippen molar-refractivity contribution in [3.05, 3.63) is 125 Å². The lowest BCUT2D eigenvalue weighted by molar-refractivity contribution is 0.0895. The molecule has 0 aliphatic carbocycles. The predicted octanol–water partition coefficient (Wildman–Crippen LogP) is 9.26. The van der Waals surface area contributed by atoms with Gasteiger partial charge in [0, 0.05) is 19.1 Å². The van der Waals surface area contributed by atoms with Crippen LogP contribution in [-0.4, -0.2) is 36.0 Å². The van der Waals surface area contributed by atoms with Gasteiger partial charge in [-0.15, -0.1) is 0 Å². The number of aryl methyl sites for hydroxylation is 1. The van der Waals surface area contributed by atoms with Gasteiger partial charge in [0.1, 0.15) is 23.9 Å². The summed E-state index contributed by atoms with van der Waals surface area (Å²) in [5.74, 6) is 1.40. The van der Waals surface area contributed by atoms with Crippen LogP contribution in [0.2, 0.25) is 18.1 Å². The summed E-state index contributed by atoms with van der Waals surface area (Å²) in [5, 5.41) is 19.8. The highest BCUT2D eigenvalue weighted by atomic mass is 28.4. The van der Waals surface area contributed by atoms with Gasteiger partial charge in [-0.3, -0.25) is 4.90 Å². The van der Waals surface area contributed by atoms with Crippen molar-refractivity contribution in [1.82, 2.24) is 4.90 Å². The van der Waals surface area contributed by atoms with Crippen LogP contribution < -0.4 is 4.74 Å². The summed E-state index contributed by atoms with van der Waals surface area (Å²) >= 11 is 0. The molecule has 5 nitrogen and oxygen atoms in total. The van der Waals surface area contributed by atoms with Crippen molar-refractivity contribution in [2.75, 3.05) is 6.54 Å². The Morgan fingerprint density at radius 1 is 0.727 bits per heavy atom. The molecule has 2 atom stereocenters. The first-order valence-corrected chi connectivity index (χ1v) is 18.5. The zero-order chi connectivity index (χ0) is 31.7. The number of benzene rings is 4. The second kappa shape index (κ2) is 14.9. The molecule has 0 fully saturated rings. The zero-order valence-electron chi connectivity index (χ0n) is 27.2. The average Bonchev–Trinajstić information content (AvgIpc) is 3.00. The molecule has 0 aliphatic heterocycles. The van der Waals surface area contributed by atoms with Crippen LogP contribution in [0.1, 0.15) is 62.5 Å². The second-order valence-corrected chi connectivity index (χ2v) is 18.1. The molecule has 0 amide bonds. The normalized spacial score (nSPS) is 13.5. The van der Waals surface area contributed by atoms with E-state index in [1.54, 1.807) is 24.3 Å². The Balaban J connectivity index is 1.55. The van der Waals surface area contributed by atoms with Crippen molar-refractivity contribution in [2.24, 2.45) is 0 Å². The minimum absolute atomic E-state index is 0.0626. The number of rotatable bonds is 14. The molecule has 0 aromatic heterocycles. The topological polar surface area (TPSA) is 62.2 Å². The molecule has 44 heavy (non-hydrogen) atoms. The number of nitrogens with zero attached hydrogens (tertiary/aromatic N) is 1. The third kappa shape index (κ3) is 9.71. The van der Waals surface area contributed by atoms with Crippen molar-refractivity contribution in [2.45, 2.75) is 84.0 Å². The van der Waals surface area contributed by atoms with Crippen LogP contribution in [0.4, 0.5) is 0 Å². The molecule has 0 saturated heterocycles. The van der Waals surface area contributed by atoms with Crippen LogP contribution in [-0.2, 0) is 24.0 Å². The lowest BCUT2D eigenvalue weighted by atomic mass is 10.0. The monoisotopic (exact) mass is 611 g/mol. The summed E-state index contributed by atoms with van der Waals surface area (Å²) in [6, 6.07) is 33.9. The maximum absolute atomic E-state index is 10.0. The number of hydrogen-bond donors (Lipinski definition) is 2. The van der Waals surface area contributed by atoms with E-state index in [-0.39, 0.29) is 22.9 Å². The van der Waals surface area contributed by atoms with Gasteiger partial charge in [0.15, 0.2) is 8.32 Å². The van der Waals surface area contributed by atoms with E-state index in [4.69, 9.17) is 9.16 Å². The molecular weight excluding hydrogens is 563 g/mol. The van der Waals surface area contributed by atoms with Crippen molar-refractivity contribution in [3.63, 3.8) is 0 Å². The lowest BCUT2D eigenvalue weighted by Gasteiger charge is -2.41. The standard InChI is InChI=1S/C38H49NO4Si/c1-29(12-13-30-14-20-34(40)21-15-30)39(26-31-16-24-36(25-17-31)42-28-32-10-8-7-9-11-32)27-37(33-18-22-35(41)23-19-33)43-44(5,6)38(2,3)4/h7-11,14-25,29,37,40-41H,12-13,26-28H2,1-6H3. The van der Waals surface area contributed by atoms with Gasteiger partial charge < -0.3 is 19.4 Å². The van der Waals surface area contributed by atoms with Crippen molar-refractivity contribution in [3.8, 4) is 17.2 Å². The van der Waals surface area contributed by atoms with Crippen molar-refractivity contribution >= 4 is 8.32 Å². The van der Waals surface area contributed by atoms with Crippen LogP contribution in [0.25, 0.3) is 0 Å². The fourth-order valence-electron chi connectivity index (χ4n) is 4.93. The van der Waals surface area contributed by atoms with E-state index in [0.717, 1.165) is 42.8 Å². The van der Waals surface area contributed by atoms with E-state index in [2.05, 4.69) is 82.1 Å². The Morgan fingerprint density at radius 3 is 1.89 bits per heavy atom.